The molecule has 73 heavy (non-hydrogen) atoms. The van der Waals surface area contributed by atoms with Crippen molar-refractivity contribution in [3.63, 3.8) is 0 Å². The van der Waals surface area contributed by atoms with Crippen LogP contribution in [0.3, 0.4) is 0 Å². The first kappa shape index (κ1) is 45.1. The van der Waals surface area contributed by atoms with Crippen LogP contribution in [0.1, 0.15) is 143 Å². The standard InChI is InChI=1S/C70H69BN2/c1-36-18-22-43-47(26-36)58-60-57-49(43)30-40(68(9,10)11)31-50(57)44-23-19-37(2)27-48(44)59(60)65-61-64(58)72-55-24-20-38(66(3,4)5)28-45(55)51-32-41(69(12,13)14)34-53(62(51)72)71(61)54-35-42(70(15,16)17)33-52-46-29-39(67(6,7)8)21-25-56(46)73(65)63(52)54/h18-35H,1-17H3. The Balaban J connectivity index is 1.37. The van der Waals surface area contributed by atoms with Gasteiger partial charge in [-0.25, -0.2) is 0 Å². The van der Waals surface area contributed by atoms with Crippen LogP contribution >= 0.6 is 0 Å². The lowest BCUT2D eigenvalue weighted by Gasteiger charge is -2.38. The number of hydrogen-bond acceptors (Lipinski definition) is 0. The first-order valence-corrected chi connectivity index (χ1v) is 27.1. The van der Waals surface area contributed by atoms with Crippen LogP contribution in [0.15, 0.2) is 109 Å². The van der Waals surface area contributed by atoms with Gasteiger partial charge in [0.1, 0.15) is 0 Å². The summed E-state index contributed by atoms with van der Waals surface area (Å²) in [4.78, 5) is 0. The monoisotopic (exact) mass is 949 g/mol. The molecule has 0 atom stereocenters. The molecule has 0 unspecified atom stereocenters. The van der Waals surface area contributed by atoms with Crippen LogP contribution in [-0.2, 0) is 27.1 Å². The average molecular weight is 949 g/mol. The summed E-state index contributed by atoms with van der Waals surface area (Å²) in [6.07, 6.45) is 0. The van der Waals surface area contributed by atoms with E-state index in [0.29, 0.717) is 0 Å². The molecule has 0 aliphatic carbocycles. The van der Waals surface area contributed by atoms with E-state index in [1.165, 1.54) is 164 Å². The maximum absolute atomic E-state index is 2.79. The van der Waals surface area contributed by atoms with Crippen molar-refractivity contribution in [2.24, 2.45) is 0 Å². The van der Waals surface area contributed by atoms with Gasteiger partial charge in [-0.2, -0.15) is 0 Å². The Labute approximate surface area is 431 Å². The number of fused-ring (bicyclic) bond motifs is 18. The molecule has 0 saturated heterocycles. The van der Waals surface area contributed by atoms with Gasteiger partial charge < -0.3 is 9.13 Å². The van der Waals surface area contributed by atoms with Crippen LogP contribution in [0.4, 0.5) is 0 Å². The number of aryl methyl sites for hydroxylation is 2. The topological polar surface area (TPSA) is 9.86 Å². The number of rotatable bonds is 0. The molecule has 0 amide bonds. The van der Waals surface area contributed by atoms with Gasteiger partial charge in [0.05, 0.1) is 22.4 Å². The third-order valence-electron chi connectivity index (χ3n) is 17.8. The van der Waals surface area contributed by atoms with E-state index < -0.39 is 0 Å². The summed E-state index contributed by atoms with van der Waals surface area (Å²) in [5.74, 6) is 0. The number of hydrogen-bond donors (Lipinski definition) is 0. The third-order valence-corrected chi connectivity index (χ3v) is 17.8. The van der Waals surface area contributed by atoms with Gasteiger partial charge in [-0.15, -0.1) is 0 Å². The highest BCUT2D eigenvalue weighted by atomic mass is 15.0. The van der Waals surface area contributed by atoms with Gasteiger partial charge in [0.25, 0.3) is 6.71 Å². The SMILES string of the molecule is Cc1ccc2c(c1)c1c3c4c(c5c6cc(C)ccc6c6cc(C(C)(C)C)cc2c6c15)-n1c2ccc(C(C)(C)C)cc2c2cc(C(C)(C)C)cc(c21)B4c1cc(C(C)(C)C)cc2c4cc(C(C)(C)C)ccc4n-3c12. The lowest BCUT2D eigenvalue weighted by molar-refractivity contribution is 0.590. The molecule has 12 aromatic rings. The zero-order valence-corrected chi connectivity index (χ0v) is 46.4. The van der Waals surface area contributed by atoms with Crippen molar-refractivity contribution < 1.29 is 0 Å². The summed E-state index contributed by atoms with van der Waals surface area (Å²) >= 11 is 0. The third kappa shape index (κ3) is 5.89. The first-order valence-electron chi connectivity index (χ1n) is 27.1. The molecule has 2 aliphatic heterocycles. The van der Waals surface area contributed by atoms with E-state index in [1.807, 2.05) is 0 Å². The molecule has 14 rings (SSSR count). The summed E-state index contributed by atoms with van der Waals surface area (Å²) in [6.45, 7) is 40.3. The fourth-order valence-corrected chi connectivity index (χ4v) is 13.8. The van der Waals surface area contributed by atoms with Gasteiger partial charge in [-0.3, -0.25) is 0 Å². The van der Waals surface area contributed by atoms with E-state index in [2.05, 4.69) is 236 Å². The summed E-state index contributed by atoms with van der Waals surface area (Å²) < 4.78 is 5.57. The molecule has 0 fully saturated rings. The Kier molecular flexibility index (Phi) is 8.50. The second kappa shape index (κ2) is 13.8. The van der Waals surface area contributed by atoms with Crippen LogP contribution < -0.4 is 16.4 Å². The Morgan fingerprint density at radius 1 is 0.301 bits per heavy atom. The van der Waals surface area contributed by atoms with E-state index >= 15 is 0 Å². The molecular weight excluding hydrogens is 880 g/mol. The molecule has 10 aromatic carbocycles. The molecule has 0 radical (unpaired) electrons. The van der Waals surface area contributed by atoms with Crippen molar-refractivity contribution in [2.75, 3.05) is 0 Å². The zero-order valence-electron chi connectivity index (χ0n) is 46.4. The molecular formula is C70H69BN2. The Morgan fingerprint density at radius 3 is 1.03 bits per heavy atom. The van der Waals surface area contributed by atoms with Crippen molar-refractivity contribution in [3.05, 3.63) is 148 Å². The largest absolute Gasteiger partial charge is 0.310 e. The van der Waals surface area contributed by atoms with Crippen molar-refractivity contribution in [1.82, 2.24) is 9.13 Å². The van der Waals surface area contributed by atoms with Gasteiger partial charge in [0.15, 0.2) is 0 Å². The van der Waals surface area contributed by atoms with E-state index in [-0.39, 0.29) is 33.8 Å². The molecule has 0 N–H and O–H groups in total. The molecule has 3 heteroatoms. The molecule has 0 spiro atoms. The predicted octanol–water partition coefficient (Wildman–Crippen LogP) is 17.3. The molecule has 2 aromatic heterocycles. The Bertz CT molecular complexity index is 4240. The van der Waals surface area contributed by atoms with Crippen LogP contribution in [0, 0.1) is 13.8 Å². The fraction of sp³-hybridized carbons (Fsp3) is 0.314. The second-order valence-electron chi connectivity index (χ2n) is 28.0. The van der Waals surface area contributed by atoms with Crippen molar-refractivity contribution >= 4 is 121 Å². The van der Waals surface area contributed by atoms with Gasteiger partial charge in [-0.05, 0) is 171 Å². The quantitative estimate of drug-likeness (QED) is 0.0814. The summed E-state index contributed by atoms with van der Waals surface area (Å²) in [5.41, 5.74) is 21.5. The fourth-order valence-electron chi connectivity index (χ4n) is 13.8. The molecule has 0 bridgehead atoms. The minimum Gasteiger partial charge on any atom is -0.310 e. The van der Waals surface area contributed by atoms with Gasteiger partial charge in [0, 0.05) is 48.7 Å². The minimum atomic E-state index is -0.0832. The second-order valence-corrected chi connectivity index (χ2v) is 28.0. The van der Waals surface area contributed by atoms with E-state index in [4.69, 9.17) is 0 Å². The van der Waals surface area contributed by atoms with E-state index in [9.17, 15) is 0 Å². The van der Waals surface area contributed by atoms with Crippen molar-refractivity contribution in [2.45, 2.75) is 145 Å². The highest BCUT2D eigenvalue weighted by Crippen LogP contribution is 2.53. The average Bonchev–Trinajstić information content (AvgIpc) is 3.81. The summed E-state index contributed by atoms with van der Waals surface area (Å²) in [5, 5.41) is 19.0. The van der Waals surface area contributed by atoms with Crippen molar-refractivity contribution in [1.29, 1.82) is 0 Å². The highest BCUT2D eigenvalue weighted by molar-refractivity contribution is 7.01. The van der Waals surface area contributed by atoms with E-state index in [0.717, 1.165) is 0 Å². The van der Waals surface area contributed by atoms with Gasteiger partial charge in [0.2, 0.25) is 0 Å². The lowest BCUT2D eigenvalue weighted by Crippen LogP contribution is -2.60. The Morgan fingerprint density at radius 2 is 0.644 bits per heavy atom. The predicted molar refractivity (Wildman–Crippen MR) is 321 cm³/mol. The molecule has 2 aliphatic rings. The molecule has 362 valence electrons. The van der Waals surface area contributed by atoms with Crippen LogP contribution in [-0.4, -0.2) is 15.8 Å². The number of benzene rings is 10. The number of nitrogens with zero attached hydrogens (tertiary/aromatic N) is 2. The van der Waals surface area contributed by atoms with Gasteiger partial charge in [-0.1, -0.05) is 176 Å². The number of aromatic nitrogens is 2. The maximum atomic E-state index is 2.79. The highest BCUT2D eigenvalue weighted by Gasteiger charge is 2.45. The van der Waals surface area contributed by atoms with E-state index in [1.54, 1.807) is 0 Å². The van der Waals surface area contributed by atoms with Crippen LogP contribution in [0.5, 0.6) is 0 Å². The van der Waals surface area contributed by atoms with Gasteiger partial charge >= 0.3 is 0 Å². The molecule has 2 nitrogen and oxygen atoms in total. The zero-order chi connectivity index (χ0) is 51.3. The van der Waals surface area contributed by atoms with Crippen LogP contribution in [0.25, 0.3) is 109 Å². The molecule has 4 heterocycles. The summed E-state index contributed by atoms with van der Waals surface area (Å²) in [6, 6.07) is 45.2. The molecule has 0 saturated carbocycles. The smallest absolute Gasteiger partial charge is 0.252 e. The lowest BCUT2D eigenvalue weighted by atomic mass is 9.33. The Hall–Kier alpha value is -6.58. The van der Waals surface area contributed by atoms with Crippen molar-refractivity contribution in [3.8, 4) is 11.4 Å². The first-order chi connectivity index (χ1) is 34.2. The summed E-state index contributed by atoms with van der Waals surface area (Å²) in [7, 11) is 0. The normalized spacial score (nSPS) is 14.3. The minimum absolute atomic E-state index is 0.0146. The maximum Gasteiger partial charge on any atom is 0.252 e. The van der Waals surface area contributed by atoms with Crippen LogP contribution in [0.2, 0.25) is 0 Å².